The van der Waals surface area contributed by atoms with E-state index in [4.69, 9.17) is 10.8 Å². The first-order valence-electron chi connectivity index (χ1n) is 5.73. The Morgan fingerprint density at radius 1 is 1.53 bits per heavy atom. The van der Waals surface area contributed by atoms with E-state index in [2.05, 4.69) is 20.3 Å². The summed E-state index contributed by atoms with van der Waals surface area (Å²) in [4.78, 5) is 18.6. The quantitative estimate of drug-likeness (QED) is 0.779. The number of hydrogen-bond acceptors (Lipinski definition) is 6. The summed E-state index contributed by atoms with van der Waals surface area (Å²) in [7, 11) is 0. The lowest BCUT2D eigenvalue weighted by Crippen LogP contribution is -2.07. The summed E-state index contributed by atoms with van der Waals surface area (Å²) < 4.78 is 1.58. The predicted molar refractivity (Wildman–Crippen MR) is 66.3 cm³/mol. The number of aliphatic carboxylic acids is 1. The van der Waals surface area contributed by atoms with Crippen molar-refractivity contribution < 1.29 is 9.90 Å². The molecule has 8 heteroatoms. The maximum absolute atomic E-state index is 10.5. The molecular formula is C11H14N6O2. The Morgan fingerprint density at radius 3 is 3.00 bits per heavy atom. The predicted octanol–water partition coefficient (Wildman–Crippen LogP) is 0.0242. The van der Waals surface area contributed by atoms with Gasteiger partial charge in [0.15, 0.2) is 0 Å². The Kier molecular flexibility index (Phi) is 3.69. The third-order valence-electron chi connectivity index (χ3n) is 2.53. The van der Waals surface area contributed by atoms with Crippen molar-refractivity contribution in [1.82, 2.24) is 25.0 Å². The number of aryl methyl sites for hydroxylation is 2. The molecule has 0 aromatic carbocycles. The summed E-state index contributed by atoms with van der Waals surface area (Å²) in [5, 5.41) is 16.4. The number of carboxylic acid groups (broad SMARTS) is 1. The number of hydrogen-bond donors (Lipinski definition) is 2. The van der Waals surface area contributed by atoms with Gasteiger partial charge in [-0.05, 0) is 6.92 Å². The van der Waals surface area contributed by atoms with Crippen molar-refractivity contribution in [2.24, 2.45) is 0 Å². The smallest absolute Gasteiger partial charge is 0.303 e. The number of nitrogens with zero attached hydrogens (tertiary/aromatic N) is 5. The fourth-order valence-corrected chi connectivity index (χ4v) is 1.57. The molecule has 8 nitrogen and oxygen atoms in total. The number of nitrogen functional groups attached to an aromatic ring is 1. The van der Waals surface area contributed by atoms with Crippen LogP contribution in [0.3, 0.4) is 0 Å². The highest BCUT2D eigenvalue weighted by atomic mass is 16.4. The van der Waals surface area contributed by atoms with E-state index in [1.807, 2.05) is 0 Å². The number of carboxylic acids is 1. The van der Waals surface area contributed by atoms with E-state index < -0.39 is 5.97 Å². The minimum Gasteiger partial charge on any atom is -0.481 e. The number of anilines is 1. The molecule has 19 heavy (non-hydrogen) atoms. The third kappa shape index (κ3) is 3.47. The normalized spacial score (nSPS) is 10.6. The molecule has 3 N–H and O–H groups in total. The van der Waals surface area contributed by atoms with Crippen molar-refractivity contribution >= 4 is 11.8 Å². The molecule has 0 radical (unpaired) electrons. The maximum Gasteiger partial charge on any atom is 0.303 e. The molecule has 2 aromatic heterocycles. The third-order valence-corrected chi connectivity index (χ3v) is 2.53. The molecular weight excluding hydrogens is 248 g/mol. The molecule has 0 aliphatic rings. The standard InChI is InChI=1S/C11H14N6O2/c1-7-13-4-8(11(12)14-7)5-17-6-9(15-16-17)2-3-10(18)19/h4,6H,2-3,5H2,1H3,(H,18,19)(H2,12,13,14). The van der Waals surface area contributed by atoms with E-state index in [1.54, 1.807) is 24.0 Å². The number of nitrogens with two attached hydrogens (primary N) is 1. The molecule has 100 valence electrons. The van der Waals surface area contributed by atoms with Crippen LogP contribution in [0.5, 0.6) is 0 Å². The minimum atomic E-state index is -0.856. The number of carbonyl (C=O) groups is 1. The van der Waals surface area contributed by atoms with Crippen LogP contribution in [-0.4, -0.2) is 36.0 Å². The van der Waals surface area contributed by atoms with Crippen LogP contribution in [0.4, 0.5) is 5.82 Å². The summed E-state index contributed by atoms with van der Waals surface area (Å²) in [6.45, 7) is 2.17. The summed E-state index contributed by atoms with van der Waals surface area (Å²) in [5.74, 6) is 0.169. The Bertz CT molecular complexity index is 595. The first kappa shape index (κ1) is 12.9. The van der Waals surface area contributed by atoms with Gasteiger partial charge in [-0.2, -0.15) is 0 Å². The van der Waals surface area contributed by atoms with Gasteiger partial charge in [-0.25, -0.2) is 14.6 Å². The van der Waals surface area contributed by atoms with Gasteiger partial charge >= 0.3 is 5.97 Å². The fourth-order valence-electron chi connectivity index (χ4n) is 1.57. The first-order chi connectivity index (χ1) is 9.04. The monoisotopic (exact) mass is 262 g/mol. The van der Waals surface area contributed by atoms with E-state index in [9.17, 15) is 4.79 Å². The van der Waals surface area contributed by atoms with Crippen LogP contribution in [0, 0.1) is 6.92 Å². The highest BCUT2D eigenvalue weighted by molar-refractivity contribution is 5.66. The zero-order chi connectivity index (χ0) is 13.8. The van der Waals surface area contributed by atoms with Gasteiger partial charge in [0.05, 0.1) is 18.7 Å². The molecule has 0 bridgehead atoms. The zero-order valence-corrected chi connectivity index (χ0v) is 10.4. The van der Waals surface area contributed by atoms with Crippen LogP contribution in [0.25, 0.3) is 0 Å². The van der Waals surface area contributed by atoms with Gasteiger partial charge in [-0.1, -0.05) is 5.21 Å². The minimum absolute atomic E-state index is 0.0362. The lowest BCUT2D eigenvalue weighted by atomic mass is 10.2. The average molecular weight is 262 g/mol. The van der Waals surface area contributed by atoms with E-state index in [-0.39, 0.29) is 6.42 Å². The molecule has 2 rings (SSSR count). The second kappa shape index (κ2) is 5.42. The van der Waals surface area contributed by atoms with Gasteiger partial charge in [0, 0.05) is 24.4 Å². The average Bonchev–Trinajstić information content (AvgIpc) is 2.78. The van der Waals surface area contributed by atoms with Crippen LogP contribution < -0.4 is 5.73 Å². The Balaban J connectivity index is 2.05. The van der Waals surface area contributed by atoms with Crippen LogP contribution in [0.15, 0.2) is 12.4 Å². The maximum atomic E-state index is 10.5. The lowest BCUT2D eigenvalue weighted by Gasteiger charge is -2.04. The van der Waals surface area contributed by atoms with Gasteiger partial charge in [0.1, 0.15) is 11.6 Å². The van der Waals surface area contributed by atoms with Crippen molar-refractivity contribution in [3.63, 3.8) is 0 Å². The second-order valence-electron chi connectivity index (χ2n) is 4.13. The van der Waals surface area contributed by atoms with Gasteiger partial charge < -0.3 is 10.8 Å². The molecule has 0 unspecified atom stereocenters. The van der Waals surface area contributed by atoms with Crippen molar-refractivity contribution in [1.29, 1.82) is 0 Å². The highest BCUT2D eigenvalue weighted by Crippen LogP contribution is 2.09. The van der Waals surface area contributed by atoms with E-state index in [1.165, 1.54) is 0 Å². The Hall–Kier alpha value is -2.51. The van der Waals surface area contributed by atoms with Gasteiger partial charge in [0.25, 0.3) is 0 Å². The second-order valence-corrected chi connectivity index (χ2v) is 4.13. The van der Waals surface area contributed by atoms with Crippen LogP contribution in [0.2, 0.25) is 0 Å². The van der Waals surface area contributed by atoms with Gasteiger partial charge in [-0.15, -0.1) is 5.10 Å². The molecule has 0 spiro atoms. The Labute approximate surface area is 109 Å². The molecule has 0 atom stereocenters. The van der Waals surface area contributed by atoms with Crippen LogP contribution in [-0.2, 0) is 17.8 Å². The first-order valence-corrected chi connectivity index (χ1v) is 5.73. The van der Waals surface area contributed by atoms with E-state index in [0.29, 0.717) is 30.3 Å². The number of rotatable bonds is 5. The molecule has 2 aromatic rings. The van der Waals surface area contributed by atoms with Crippen molar-refractivity contribution in [3.05, 3.63) is 29.5 Å². The van der Waals surface area contributed by atoms with Crippen molar-refractivity contribution in [2.75, 3.05) is 5.73 Å². The fraction of sp³-hybridized carbons (Fsp3) is 0.364. The largest absolute Gasteiger partial charge is 0.481 e. The molecule has 0 saturated heterocycles. The van der Waals surface area contributed by atoms with Crippen molar-refractivity contribution in [3.8, 4) is 0 Å². The topological polar surface area (TPSA) is 120 Å². The summed E-state index contributed by atoms with van der Waals surface area (Å²) in [5.41, 5.74) is 7.17. The summed E-state index contributed by atoms with van der Waals surface area (Å²) >= 11 is 0. The molecule has 0 amide bonds. The number of aromatic nitrogens is 5. The van der Waals surface area contributed by atoms with Gasteiger partial charge in [-0.3, -0.25) is 4.79 Å². The van der Waals surface area contributed by atoms with E-state index >= 15 is 0 Å². The van der Waals surface area contributed by atoms with Crippen molar-refractivity contribution in [2.45, 2.75) is 26.3 Å². The molecule has 0 saturated carbocycles. The summed E-state index contributed by atoms with van der Waals surface area (Å²) in [6.07, 6.45) is 3.74. The molecule has 0 aliphatic carbocycles. The SMILES string of the molecule is Cc1ncc(Cn2cc(CCC(=O)O)nn2)c(N)n1. The highest BCUT2D eigenvalue weighted by Gasteiger charge is 2.07. The zero-order valence-electron chi connectivity index (χ0n) is 10.4. The van der Waals surface area contributed by atoms with Crippen LogP contribution >= 0.6 is 0 Å². The molecule has 2 heterocycles. The van der Waals surface area contributed by atoms with E-state index in [0.717, 1.165) is 5.56 Å². The van der Waals surface area contributed by atoms with Gasteiger partial charge in [0.2, 0.25) is 0 Å². The molecule has 0 fully saturated rings. The summed E-state index contributed by atoms with van der Waals surface area (Å²) in [6, 6.07) is 0. The molecule has 0 aliphatic heterocycles. The lowest BCUT2D eigenvalue weighted by molar-refractivity contribution is -0.136. The Morgan fingerprint density at radius 2 is 2.32 bits per heavy atom. The van der Waals surface area contributed by atoms with Crippen LogP contribution in [0.1, 0.15) is 23.5 Å².